The minimum Gasteiger partial charge on any atom is -0.325 e. The maximum absolute atomic E-state index is 6.47. The number of hydrogen-bond donors (Lipinski definition) is 1. The quantitative estimate of drug-likeness (QED) is 0.601. The van der Waals surface area contributed by atoms with Crippen LogP contribution in [-0.2, 0) is 0 Å². The maximum Gasteiger partial charge on any atom is 0.0126 e. The minimum atomic E-state index is 0.0564. The highest BCUT2D eigenvalue weighted by molar-refractivity contribution is 4.83. The molecule has 0 amide bonds. The second kappa shape index (κ2) is 6.61. The van der Waals surface area contributed by atoms with Gasteiger partial charge in [-0.15, -0.1) is 0 Å². The van der Waals surface area contributed by atoms with Gasteiger partial charge in [0.1, 0.15) is 0 Å². The third-order valence-electron chi connectivity index (χ3n) is 5.18. The third-order valence-corrected chi connectivity index (χ3v) is 5.18. The normalized spacial score (nSPS) is 33.8. The lowest BCUT2D eigenvalue weighted by atomic mass is 9.76. The number of nitrogens with two attached hydrogens (primary N) is 1. The molecule has 0 bridgehead atoms. The average molecular weight is 268 g/mol. The SMILES string of the molecule is CC1(C)CCCCCC(C)(N)CCC(C)(C)CCC1. The van der Waals surface area contributed by atoms with Crippen molar-refractivity contribution in [1.82, 2.24) is 0 Å². The first-order valence-electron chi connectivity index (χ1n) is 8.41. The summed E-state index contributed by atoms with van der Waals surface area (Å²) in [6.45, 7) is 12.0. The van der Waals surface area contributed by atoms with Crippen molar-refractivity contribution in [3.8, 4) is 0 Å². The highest BCUT2D eigenvalue weighted by atomic mass is 14.7. The van der Waals surface area contributed by atoms with Crippen LogP contribution in [0.3, 0.4) is 0 Å². The third kappa shape index (κ3) is 7.34. The van der Waals surface area contributed by atoms with Gasteiger partial charge in [0.05, 0.1) is 0 Å². The van der Waals surface area contributed by atoms with E-state index in [0.717, 1.165) is 0 Å². The molecule has 114 valence electrons. The molecule has 19 heavy (non-hydrogen) atoms. The molecule has 1 atom stereocenters. The van der Waals surface area contributed by atoms with E-state index in [1.165, 1.54) is 64.2 Å². The molecule has 1 fully saturated rings. The predicted molar refractivity (Wildman–Crippen MR) is 86.3 cm³/mol. The molecule has 2 N–H and O–H groups in total. The molecule has 0 aliphatic heterocycles. The van der Waals surface area contributed by atoms with Crippen LogP contribution in [0, 0.1) is 10.8 Å². The highest BCUT2D eigenvalue weighted by Gasteiger charge is 2.26. The fraction of sp³-hybridized carbons (Fsp3) is 1.00. The molecule has 0 heterocycles. The van der Waals surface area contributed by atoms with Crippen molar-refractivity contribution < 1.29 is 0 Å². The van der Waals surface area contributed by atoms with E-state index >= 15 is 0 Å². The van der Waals surface area contributed by atoms with Crippen LogP contribution >= 0.6 is 0 Å². The van der Waals surface area contributed by atoms with Crippen molar-refractivity contribution >= 4 is 0 Å². The van der Waals surface area contributed by atoms with Crippen LogP contribution in [0.1, 0.15) is 98.8 Å². The summed E-state index contributed by atoms with van der Waals surface area (Å²) in [5.74, 6) is 0. The molecule has 1 nitrogen and oxygen atoms in total. The van der Waals surface area contributed by atoms with Crippen LogP contribution in [0.2, 0.25) is 0 Å². The van der Waals surface area contributed by atoms with E-state index in [0.29, 0.717) is 10.8 Å². The fourth-order valence-electron chi connectivity index (χ4n) is 3.35. The molecule has 0 saturated heterocycles. The van der Waals surface area contributed by atoms with Gasteiger partial charge in [-0.2, -0.15) is 0 Å². The second-order valence-electron chi connectivity index (χ2n) is 8.90. The molecule has 0 aromatic carbocycles. The summed E-state index contributed by atoms with van der Waals surface area (Å²) in [6, 6.07) is 0. The van der Waals surface area contributed by atoms with Crippen LogP contribution < -0.4 is 5.73 Å². The Morgan fingerprint density at radius 2 is 1.00 bits per heavy atom. The molecule has 1 aliphatic carbocycles. The van der Waals surface area contributed by atoms with Gasteiger partial charge in [-0.05, 0) is 56.3 Å². The molecule has 0 aromatic rings. The lowest BCUT2D eigenvalue weighted by Gasteiger charge is -2.32. The van der Waals surface area contributed by atoms with E-state index in [9.17, 15) is 0 Å². The van der Waals surface area contributed by atoms with Gasteiger partial charge >= 0.3 is 0 Å². The Labute approximate surface area is 121 Å². The highest BCUT2D eigenvalue weighted by Crippen LogP contribution is 2.37. The van der Waals surface area contributed by atoms with Gasteiger partial charge in [-0.1, -0.05) is 53.4 Å². The Morgan fingerprint density at radius 1 is 0.526 bits per heavy atom. The van der Waals surface area contributed by atoms with E-state index in [1.807, 2.05) is 0 Å². The predicted octanol–water partition coefficient (Wildman–Crippen LogP) is 5.67. The smallest absolute Gasteiger partial charge is 0.0126 e. The van der Waals surface area contributed by atoms with Crippen molar-refractivity contribution in [1.29, 1.82) is 0 Å². The summed E-state index contributed by atoms with van der Waals surface area (Å²) in [5.41, 5.74) is 7.53. The van der Waals surface area contributed by atoms with Crippen molar-refractivity contribution in [3.63, 3.8) is 0 Å². The standard InChI is InChI=1S/C18H37N/c1-16(2)10-7-6-8-13-18(5,19)15-14-17(3,4)12-9-11-16/h6-15,19H2,1-5H3. The summed E-state index contributed by atoms with van der Waals surface area (Å²) >= 11 is 0. The van der Waals surface area contributed by atoms with Crippen LogP contribution in [0.15, 0.2) is 0 Å². The van der Waals surface area contributed by atoms with Gasteiger partial charge < -0.3 is 5.73 Å². The van der Waals surface area contributed by atoms with Crippen molar-refractivity contribution in [2.24, 2.45) is 16.6 Å². The summed E-state index contributed by atoms with van der Waals surface area (Å²) in [4.78, 5) is 0. The zero-order valence-electron chi connectivity index (χ0n) is 14.1. The monoisotopic (exact) mass is 267 g/mol. The molecule has 0 aromatic heterocycles. The molecule has 1 heteroatoms. The van der Waals surface area contributed by atoms with Gasteiger partial charge in [0.15, 0.2) is 0 Å². The van der Waals surface area contributed by atoms with Gasteiger partial charge in [0, 0.05) is 5.54 Å². The largest absolute Gasteiger partial charge is 0.325 e. The molecular formula is C18H37N. The zero-order valence-corrected chi connectivity index (χ0v) is 14.1. The summed E-state index contributed by atoms with van der Waals surface area (Å²) < 4.78 is 0. The molecule has 1 rings (SSSR count). The topological polar surface area (TPSA) is 26.0 Å². The second-order valence-corrected chi connectivity index (χ2v) is 8.90. The van der Waals surface area contributed by atoms with Crippen LogP contribution in [0.5, 0.6) is 0 Å². The van der Waals surface area contributed by atoms with E-state index < -0.39 is 0 Å². The van der Waals surface area contributed by atoms with Crippen molar-refractivity contribution in [2.45, 2.75) is 104 Å². The number of rotatable bonds is 0. The molecule has 1 saturated carbocycles. The van der Waals surface area contributed by atoms with Crippen LogP contribution in [0.25, 0.3) is 0 Å². The van der Waals surface area contributed by atoms with Crippen molar-refractivity contribution in [3.05, 3.63) is 0 Å². The molecule has 1 aliphatic rings. The first-order chi connectivity index (χ1) is 8.62. The number of hydrogen-bond acceptors (Lipinski definition) is 1. The van der Waals surface area contributed by atoms with Gasteiger partial charge in [0.2, 0.25) is 0 Å². The van der Waals surface area contributed by atoms with Gasteiger partial charge in [-0.3, -0.25) is 0 Å². The van der Waals surface area contributed by atoms with Crippen LogP contribution in [-0.4, -0.2) is 5.54 Å². The first-order valence-corrected chi connectivity index (χ1v) is 8.41. The summed E-state index contributed by atoms with van der Waals surface area (Å²) in [7, 11) is 0. The van der Waals surface area contributed by atoms with Gasteiger partial charge in [-0.25, -0.2) is 0 Å². The average Bonchev–Trinajstić information content (AvgIpc) is 2.25. The van der Waals surface area contributed by atoms with Crippen LogP contribution in [0.4, 0.5) is 0 Å². The molecule has 0 radical (unpaired) electrons. The Bertz CT molecular complexity index is 263. The van der Waals surface area contributed by atoms with E-state index in [4.69, 9.17) is 5.73 Å². The summed E-state index contributed by atoms with van der Waals surface area (Å²) in [6.07, 6.45) is 13.2. The molecule has 1 unspecified atom stereocenters. The first kappa shape index (κ1) is 17.0. The Morgan fingerprint density at radius 3 is 1.63 bits per heavy atom. The lowest BCUT2D eigenvalue weighted by Crippen LogP contribution is -2.37. The summed E-state index contributed by atoms with van der Waals surface area (Å²) in [5, 5.41) is 0. The van der Waals surface area contributed by atoms with E-state index in [1.54, 1.807) is 0 Å². The Hall–Kier alpha value is -0.0400. The Kier molecular flexibility index (Phi) is 5.92. The van der Waals surface area contributed by atoms with Crippen molar-refractivity contribution in [2.75, 3.05) is 0 Å². The lowest BCUT2D eigenvalue weighted by molar-refractivity contribution is 0.227. The van der Waals surface area contributed by atoms with E-state index in [2.05, 4.69) is 34.6 Å². The molecular weight excluding hydrogens is 230 g/mol. The Balaban J connectivity index is 2.61. The maximum atomic E-state index is 6.47. The van der Waals surface area contributed by atoms with E-state index in [-0.39, 0.29) is 5.54 Å². The fourth-order valence-corrected chi connectivity index (χ4v) is 3.35. The van der Waals surface area contributed by atoms with Gasteiger partial charge in [0.25, 0.3) is 0 Å². The zero-order chi connectivity index (χ0) is 14.6. The minimum absolute atomic E-state index is 0.0564. The molecule has 0 spiro atoms.